The van der Waals surface area contributed by atoms with Crippen LogP contribution in [0.1, 0.15) is 32.3 Å². The van der Waals surface area contributed by atoms with Crippen molar-refractivity contribution in [1.29, 1.82) is 0 Å². The van der Waals surface area contributed by atoms with Gasteiger partial charge in [0.2, 0.25) is 5.69 Å². The number of pyridine rings is 1. The molecule has 1 aromatic heterocycles. The summed E-state index contributed by atoms with van der Waals surface area (Å²) < 4.78 is 10.0. The Hall–Kier alpha value is -2.15. The van der Waals surface area contributed by atoms with E-state index in [2.05, 4.69) is 68.9 Å². The molecule has 0 spiro atoms. The van der Waals surface area contributed by atoms with Gasteiger partial charge in [0, 0.05) is 11.6 Å². The quantitative estimate of drug-likeness (QED) is 0.594. The second kappa shape index (κ2) is 5.33. The SMILES string of the molecule is [2H]c1ccc2c(-c3cc(C(C)C)ccc3C)[n+](C)ccc2c1. The summed E-state index contributed by atoms with van der Waals surface area (Å²) in [4.78, 5) is 0. The summed E-state index contributed by atoms with van der Waals surface area (Å²) in [6.07, 6.45) is 2.08. The zero-order valence-electron chi connectivity index (χ0n) is 14.1. The maximum absolute atomic E-state index is 7.83. The molecule has 0 unspecified atom stereocenters. The van der Waals surface area contributed by atoms with Crippen LogP contribution in [0.4, 0.5) is 0 Å². The molecule has 0 aliphatic carbocycles. The maximum atomic E-state index is 7.83. The van der Waals surface area contributed by atoms with Crippen molar-refractivity contribution < 1.29 is 5.94 Å². The molecule has 1 heteroatoms. The molecule has 21 heavy (non-hydrogen) atoms. The topological polar surface area (TPSA) is 3.88 Å². The van der Waals surface area contributed by atoms with E-state index in [1.54, 1.807) is 0 Å². The molecule has 0 radical (unpaired) electrons. The Morgan fingerprint density at radius 3 is 2.67 bits per heavy atom. The summed E-state index contributed by atoms with van der Waals surface area (Å²) in [6, 6.07) is 15.2. The van der Waals surface area contributed by atoms with E-state index in [1.807, 2.05) is 12.1 Å². The minimum Gasteiger partial charge on any atom is -0.200 e. The van der Waals surface area contributed by atoms with Crippen LogP contribution in [0, 0.1) is 6.92 Å². The molecule has 3 rings (SSSR count). The summed E-state index contributed by atoms with van der Waals surface area (Å²) in [5.74, 6) is 0.513. The van der Waals surface area contributed by atoms with Gasteiger partial charge in [-0.1, -0.05) is 44.2 Å². The maximum Gasteiger partial charge on any atom is 0.220 e. The van der Waals surface area contributed by atoms with Gasteiger partial charge in [-0.05, 0) is 41.5 Å². The first-order valence-corrected chi connectivity index (χ1v) is 7.47. The Kier molecular flexibility index (Phi) is 3.19. The van der Waals surface area contributed by atoms with Crippen molar-refractivity contribution in [2.45, 2.75) is 26.7 Å². The predicted octanol–water partition coefficient (Wildman–Crippen LogP) is 4.76. The average molecular weight is 277 g/mol. The first-order chi connectivity index (χ1) is 10.5. The summed E-state index contributed by atoms with van der Waals surface area (Å²) in [5, 5.41) is 2.32. The van der Waals surface area contributed by atoms with E-state index in [1.165, 1.54) is 27.8 Å². The van der Waals surface area contributed by atoms with Crippen molar-refractivity contribution in [2.24, 2.45) is 7.05 Å². The molecule has 0 atom stereocenters. The standard InChI is InChI=1S/C20H22N/c1-14(2)17-10-9-15(3)19(13-17)20-18-8-6-5-7-16(18)11-12-21(20)4/h5-14H,1-4H3/q+1/i5D. The second-order valence-corrected chi connectivity index (χ2v) is 6.02. The highest BCUT2D eigenvalue weighted by Gasteiger charge is 2.17. The fourth-order valence-electron chi connectivity index (χ4n) is 2.84. The number of aryl methyl sites for hydroxylation is 2. The van der Waals surface area contributed by atoms with Gasteiger partial charge in [-0.15, -0.1) is 0 Å². The van der Waals surface area contributed by atoms with Crippen LogP contribution in [0.2, 0.25) is 0 Å². The minimum atomic E-state index is 0.513. The summed E-state index contributed by atoms with van der Waals surface area (Å²) in [5.41, 5.74) is 5.13. The number of benzene rings is 2. The number of rotatable bonds is 2. The lowest BCUT2D eigenvalue weighted by Gasteiger charge is -2.11. The molecule has 1 nitrogen and oxygen atoms in total. The van der Waals surface area contributed by atoms with Crippen LogP contribution in [0.3, 0.4) is 0 Å². The lowest BCUT2D eigenvalue weighted by atomic mass is 9.94. The summed E-state index contributed by atoms with van der Waals surface area (Å²) >= 11 is 0. The Morgan fingerprint density at radius 2 is 1.90 bits per heavy atom. The zero-order valence-corrected chi connectivity index (χ0v) is 13.1. The van der Waals surface area contributed by atoms with Gasteiger partial charge in [-0.3, -0.25) is 0 Å². The highest BCUT2D eigenvalue weighted by molar-refractivity contribution is 5.93. The molecule has 0 N–H and O–H groups in total. The molecular formula is C20H22N+. The van der Waals surface area contributed by atoms with Crippen molar-refractivity contribution in [1.82, 2.24) is 0 Å². The van der Waals surface area contributed by atoms with E-state index >= 15 is 0 Å². The van der Waals surface area contributed by atoms with Crippen molar-refractivity contribution in [3.63, 3.8) is 0 Å². The molecule has 3 aromatic rings. The van der Waals surface area contributed by atoms with E-state index in [4.69, 9.17) is 1.37 Å². The Balaban J connectivity index is 2.34. The largest absolute Gasteiger partial charge is 0.220 e. The molecule has 0 aliphatic rings. The van der Waals surface area contributed by atoms with E-state index in [0.29, 0.717) is 12.0 Å². The van der Waals surface area contributed by atoms with Crippen LogP contribution in [0.5, 0.6) is 0 Å². The van der Waals surface area contributed by atoms with Crippen LogP contribution in [-0.4, -0.2) is 0 Å². The van der Waals surface area contributed by atoms with Gasteiger partial charge in [0.25, 0.3) is 0 Å². The van der Waals surface area contributed by atoms with Gasteiger partial charge < -0.3 is 0 Å². The summed E-state index contributed by atoms with van der Waals surface area (Å²) in [6.45, 7) is 6.62. The molecule has 0 saturated carbocycles. The third kappa shape index (κ3) is 2.44. The van der Waals surface area contributed by atoms with Crippen molar-refractivity contribution in [3.05, 3.63) is 65.8 Å². The molecule has 0 aliphatic heterocycles. The molecule has 106 valence electrons. The lowest BCUT2D eigenvalue weighted by Crippen LogP contribution is -2.30. The van der Waals surface area contributed by atoms with Gasteiger partial charge >= 0.3 is 0 Å². The molecule has 0 fully saturated rings. The number of nitrogens with zero attached hydrogens (tertiary/aromatic N) is 1. The Labute approximate surface area is 128 Å². The minimum absolute atomic E-state index is 0.513. The predicted molar refractivity (Wildman–Crippen MR) is 89.4 cm³/mol. The third-order valence-corrected chi connectivity index (χ3v) is 4.17. The van der Waals surface area contributed by atoms with Crippen LogP contribution in [-0.2, 0) is 7.05 Å². The first kappa shape index (κ1) is 12.6. The molecule has 0 saturated heterocycles. The number of fused-ring (bicyclic) bond motifs is 1. The van der Waals surface area contributed by atoms with Crippen LogP contribution >= 0.6 is 0 Å². The number of aromatic nitrogens is 1. The summed E-state index contributed by atoms with van der Waals surface area (Å²) in [7, 11) is 2.09. The highest BCUT2D eigenvalue weighted by atomic mass is 14.9. The number of hydrogen-bond donors (Lipinski definition) is 0. The molecular weight excluding hydrogens is 254 g/mol. The second-order valence-electron chi connectivity index (χ2n) is 6.02. The third-order valence-electron chi connectivity index (χ3n) is 4.17. The normalized spacial score (nSPS) is 12.0. The highest BCUT2D eigenvalue weighted by Crippen LogP contribution is 2.30. The van der Waals surface area contributed by atoms with Gasteiger partial charge in [0.1, 0.15) is 7.05 Å². The first-order valence-electron chi connectivity index (χ1n) is 7.97. The molecule has 1 heterocycles. The van der Waals surface area contributed by atoms with Crippen LogP contribution in [0.15, 0.2) is 54.7 Å². The van der Waals surface area contributed by atoms with Gasteiger partial charge in [0.05, 0.1) is 6.76 Å². The van der Waals surface area contributed by atoms with Crippen molar-refractivity contribution in [3.8, 4) is 11.3 Å². The monoisotopic (exact) mass is 277 g/mol. The lowest BCUT2D eigenvalue weighted by molar-refractivity contribution is -0.659. The smallest absolute Gasteiger partial charge is 0.200 e. The average Bonchev–Trinajstić information content (AvgIpc) is 2.48. The molecule has 0 amide bonds. The molecule has 2 aromatic carbocycles. The Morgan fingerprint density at radius 1 is 1.10 bits per heavy atom. The zero-order chi connectivity index (χ0) is 15.9. The van der Waals surface area contributed by atoms with Crippen LogP contribution < -0.4 is 4.57 Å². The van der Waals surface area contributed by atoms with E-state index in [9.17, 15) is 0 Å². The van der Waals surface area contributed by atoms with Gasteiger partial charge in [-0.25, -0.2) is 4.57 Å². The van der Waals surface area contributed by atoms with Crippen molar-refractivity contribution >= 4 is 10.8 Å². The molecule has 0 bridgehead atoms. The fourth-order valence-corrected chi connectivity index (χ4v) is 2.84. The van der Waals surface area contributed by atoms with E-state index in [0.717, 1.165) is 5.39 Å². The fraction of sp³-hybridized carbons (Fsp3) is 0.250. The van der Waals surface area contributed by atoms with Crippen LogP contribution in [0.25, 0.3) is 22.0 Å². The van der Waals surface area contributed by atoms with Gasteiger partial charge in [0.15, 0.2) is 6.20 Å². The van der Waals surface area contributed by atoms with Gasteiger partial charge in [-0.2, -0.15) is 0 Å². The van der Waals surface area contributed by atoms with E-state index < -0.39 is 0 Å². The van der Waals surface area contributed by atoms with E-state index in [-0.39, 0.29) is 0 Å². The van der Waals surface area contributed by atoms with Crippen molar-refractivity contribution in [2.75, 3.05) is 0 Å². The number of hydrogen-bond acceptors (Lipinski definition) is 0. The Bertz CT molecular complexity index is 850.